The summed E-state index contributed by atoms with van der Waals surface area (Å²) in [6.45, 7) is 5.76. The lowest BCUT2D eigenvalue weighted by Gasteiger charge is -2.33. The van der Waals surface area contributed by atoms with Crippen molar-refractivity contribution in [2.75, 3.05) is 69.0 Å². The molecule has 0 atom stereocenters. The van der Waals surface area contributed by atoms with Crippen molar-refractivity contribution in [3.63, 3.8) is 0 Å². The molecule has 5 aromatic rings. The SMILES string of the molecule is Cc1ccc(N(Cc2ccc(-c3nnc(C(F)(F)F)o3)cc2)C(=O)N2CCOCC2)c(F)c1.Cc1ccc(N(Cc2ccc(C(=O)CNC(=O)C(F)(F)F)cc2)C(=O)N2CCOCC2)c(F)c1. The molecule has 0 bridgehead atoms. The Morgan fingerprint density at radius 2 is 1.09 bits per heavy atom. The lowest BCUT2D eigenvalue weighted by molar-refractivity contribution is -0.173. The van der Waals surface area contributed by atoms with Crippen LogP contribution in [0.5, 0.6) is 0 Å². The Labute approximate surface area is 378 Å². The van der Waals surface area contributed by atoms with E-state index in [1.165, 1.54) is 69.7 Å². The first-order valence-corrected chi connectivity index (χ1v) is 20.6. The van der Waals surface area contributed by atoms with E-state index in [9.17, 15) is 54.3 Å². The Morgan fingerprint density at radius 1 is 0.642 bits per heavy atom. The summed E-state index contributed by atoms with van der Waals surface area (Å²) in [5.74, 6) is -5.71. The molecule has 1 aromatic heterocycles. The third-order valence-corrected chi connectivity index (χ3v) is 10.3. The summed E-state index contributed by atoms with van der Waals surface area (Å²) < 4.78 is 120. The van der Waals surface area contributed by atoms with Gasteiger partial charge >= 0.3 is 36.2 Å². The van der Waals surface area contributed by atoms with Gasteiger partial charge in [-0.1, -0.05) is 48.5 Å². The summed E-state index contributed by atoms with van der Waals surface area (Å²) in [5.41, 5.74) is 3.21. The molecule has 356 valence electrons. The van der Waals surface area contributed by atoms with Gasteiger partial charge in [-0.05, 0) is 72.5 Å². The fraction of sp³-hybridized carbons (Fsp3) is 0.333. The molecule has 22 heteroatoms. The molecule has 2 aliphatic rings. The van der Waals surface area contributed by atoms with E-state index in [0.717, 1.165) is 5.56 Å². The molecule has 0 aliphatic carbocycles. The van der Waals surface area contributed by atoms with Crippen molar-refractivity contribution in [3.05, 3.63) is 130 Å². The molecule has 2 saturated heterocycles. The van der Waals surface area contributed by atoms with E-state index in [1.807, 2.05) is 0 Å². The highest BCUT2D eigenvalue weighted by atomic mass is 19.4. The summed E-state index contributed by atoms with van der Waals surface area (Å²) in [4.78, 5) is 55.2. The quantitative estimate of drug-likeness (QED) is 0.108. The summed E-state index contributed by atoms with van der Waals surface area (Å²) in [6.07, 6.45) is -9.81. The molecular weight excluding hydrogens is 903 g/mol. The number of aromatic nitrogens is 2. The fourth-order valence-electron chi connectivity index (χ4n) is 6.76. The van der Waals surface area contributed by atoms with Crippen LogP contribution < -0.4 is 15.1 Å². The van der Waals surface area contributed by atoms with Gasteiger partial charge < -0.3 is 29.0 Å². The lowest BCUT2D eigenvalue weighted by Crippen LogP contribution is -2.48. The van der Waals surface area contributed by atoms with Gasteiger partial charge in [0.15, 0.2) is 5.78 Å². The molecule has 5 amide bonds. The number of morpholine rings is 2. The number of aryl methyl sites for hydroxylation is 2. The first-order chi connectivity index (χ1) is 31.8. The van der Waals surface area contributed by atoms with E-state index in [1.54, 1.807) is 54.0 Å². The molecule has 0 saturated carbocycles. The van der Waals surface area contributed by atoms with Crippen LogP contribution in [0.3, 0.4) is 0 Å². The van der Waals surface area contributed by atoms with E-state index in [4.69, 9.17) is 9.47 Å². The molecule has 14 nitrogen and oxygen atoms in total. The van der Waals surface area contributed by atoms with Crippen molar-refractivity contribution >= 4 is 35.1 Å². The predicted octanol–water partition coefficient (Wildman–Crippen LogP) is 8.12. The second kappa shape index (κ2) is 21.6. The zero-order chi connectivity index (χ0) is 48.5. The van der Waals surface area contributed by atoms with E-state index in [2.05, 4.69) is 14.6 Å². The number of nitrogens with one attached hydrogen (secondary N) is 1. The van der Waals surface area contributed by atoms with Gasteiger partial charge in [-0.3, -0.25) is 19.4 Å². The van der Waals surface area contributed by atoms with Crippen LogP contribution in [0.1, 0.15) is 38.5 Å². The zero-order valence-electron chi connectivity index (χ0n) is 35.9. The Morgan fingerprint density at radius 3 is 1.49 bits per heavy atom. The number of hydrogen-bond acceptors (Lipinski definition) is 9. The van der Waals surface area contributed by atoms with Gasteiger partial charge in [0.2, 0.25) is 5.89 Å². The topological polar surface area (TPSA) is 151 Å². The van der Waals surface area contributed by atoms with Crippen LogP contribution in [-0.4, -0.2) is 109 Å². The summed E-state index contributed by atoms with van der Waals surface area (Å²) in [7, 11) is 0. The van der Waals surface area contributed by atoms with Gasteiger partial charge in [0.25, 0.3) is 0 Å². The fourth-order valence-corrected chi connectivity index (χ4v) is 6.76. The van der Waals surface area contributed by atoms with Gasteiger partial charge in [0, 0.05) is 37.3 Å². The number of benzene rings is 4. The molecule has 1 N–H and O–H groups in total. The van der Waals surface area contributed by atoms with E-state index >= 15 is 0 Å². The number of rotatable bonds is 10. The summed E-state index contributed by atoms with van der Waals surface area (Å²) in [6, 6.07) is 20.4. The number of Topliss-reactive ketones (excluding diaryl/α,β-unsaturated/α-hetero) is 1. The van der Waals surface area contributed by atoms with Crippen LogP contribution in [-0.2, 0) is 33.5 Å². The van der Waals surface area contributed by atoms with Crippen molar-refractivity contribution in [3.8, 4) is 11.5 Å². The molecule has 3 heterocycles. The molecule has 4 aromatic carbocycles. The minimum absolute atomic E-state index is 0.00451. The zero-order valence-corrected chi connectivity index (χ0v) is 35.9. The Bertz CT molecular complexity index is 2520. The van der Waals surface area contributed by atoms with E-state index in [0.29, 0.717) is 69.3 Å². The Hall–Kier alpha value is -6.94. The third kappa shape index (κ3) is 13.1. The monoisotopic (exact) mass is 945 g/mol. The Kier molecular flexibility index (Phi) is 15.9. The minimum Gasteiger partial charge on any atom is -0.413 e. The second-order valence-electron chi connectivity index (χ2n) is 15.3. The molecular formula is C45H43F8N7O7. The molecule has 7 rings (SSSR count). The largest absolute Gasteiger partial charge is 0.471 e. The number of ether oxygens (including phenoxy) is 2. The van der Waals surface area contributed by atoms with Crippen LogP contribution in [0.2, 0.25) is 0 Å². The second-order valence-corrected chi connectivity index (χ2v) is 15.3. The maximum Gasteiger partial charge on any atom is 0.471 e. The van der Waals surface area contributed by atoms with E-state index in [-0.39, 0.29) is 47.5 Å². The normalized spacial score (nSPS) is 14.2. The van der Waals surface area contributed by atoms with Crippen LogP contribution in [0.4, 0.5) is 56.1 Å². The number of alkyl halides is 6. The maximum atomic E-state index is 14.8. The van der Waals surface area contributed by atoms with Crippen LogP contribution in [0.15, 0.2) is 89.3 Å². The molecule has 2 aliphatic heterocycles. The number of nitrogens with zero attached hydrogens (tertiary/aromatic N) is 6. The predicted molar refractivity (Wildman–Crippen MR) is 225 cm³/mol. The highest BCUT2D eigenvalue weighted by molar-refractivity contribution is 6.00. The summed E-state index contributed by atoms with van der Waals surface area (Å²) >= 11 is 0. The average Bonchev–Trinajstić information content (AvgIpc) is 3.82. The van der Waals surface area contributed by atoms with Crippen LogP contribution in [0, 0.1) is 25.5 Å². The standard InChI is InChI=1S/C23H23F4N3O4.C22H20F4N4O3/c1-15-2-7-19(18(24)12-15)30(22(33)29-8-10-34-11-9-29)14-16-3-5-17(6-4-16)20(31)13-28-21(32)23(25,26)27;1-14-2-7-18(17(23)12-14)30(21(31)29-8-10-32-11-9-29)13-15-3-5-16(6-4-15)19-27-28-20(33-19)22(24,25)26/h2-7,12H,8-11,13-14H2,1H3,(H,28,32);2-7,12H,8-11,13H2,1H3. The number of anilines is 2. The van der Waals surface area contributed by atoms with Crippen molar-refractivity contribution < 1.29 is 68.2 Å². The average molecular weight is 946 g/mol. The number of hydrogen-bond donors (Lipinski definition) is 1. The van der Waals surface area contributed by atoms with Gasteiger partial charge in [-0.15, -0.1) is 10.2 Å². The first-order valence-electron chi connectivity index (χ1n) is 20.6. The van der Waals surface area contributed by atoms with E-state index < -0.39 is 54.1 Å². The van der Waals surface area contributed by atoms with Crippen molar-refractivity contribution in [1.82, 2.24) is 25.3 Å². The van der Waals surface area contributed by atoms with Crippen LogP contribution in [0.25, 0.3) is 11.5 Å². The minimum atomic E-state index is -5.08. The number of urea groups is 2. The summed E-state index contributed by atoms with van der Waals surface area (Å²) in [5, 5.41) is 7.97. The number of carbonyl (C=O) groups excluding carboxylic acids is 4. The van der Waals surface area contributed by atoms with Crippen LogP contribution >= 0.6 is 0 Å². The molecule has 0 spiro atoms. The third-order valence-electron chi connectivity index (χ3n) is 10.3. The highest BCUT2D eigenvalue weighted by Crippen LogP contribution is 2.31. The first kappa shape index (κ1) is 49.5. The molecule has 67 heavy (non-hydrogen) atoms. The number of ketones is 1. The maximum absolute atomic E-state index is 14.8. The Balaban J connectivity index is 0.000000221. The highest BCUT2D eigenvalue weighted by Gasteiger charge is 2.39. The van der Waals surface area contributed by atoms with Crippen molar-refractivity contribution in [2.24, 2.45) is 0 Å². The number of halogens is 8. The van der Waals surface area contributed by atoms with Gasteiger partial charge in [0.1, 0.15) is 11.6 Å². The molecule has 2 fully saturated rings. The number of amides is 5. The van der Waals surface area contributed by atoms with Gasteiger partial charge in [-0.25, -0.2) is 18.4 Å². The van der Waals surface area contributed by atoms with Gasteiger partial charge in [0.05, 0.1) is 57.4 Å². The number of carbonyl (C=O) groups is 4. The smallest absolute Gasteiger partial charge is 0.413 e. The van der Waals surface area contributed by atoms with Gasteiger partial charge in [-0.2, -0.15) is 26.3 Å². The molecule has 0 radical (unpaired) electrons. The lowest BCUT2D eigenvalue weighted by atomic mass is 10.1. The van der Waals surface area contributed by atoms with Crippen molar-refractivity contribution in [2.45, 2.75) is 39.3 Å². The van der Waals surface area contributed by atoms with Crippen molar-refractivity contribution in [1.29, 1.82) is 0 Å². The molecule has 0 unspecified atom stereocenters.